The highest BCUT2D eigenvalue weighted by molar-refractivity contribution is 6.37. The molecule has 0 aromatic heterocycles. The normalized spacial score (nSPS) is 19.0. The van der Waals surface area contributed by atoms with E-state index in [1.54, 1.807) is 0 Å². The highest BCUT2D eigenvalue weighted by Crippen LogP contribution is 2.20. The molecule has 1 heterocycles. The van der Waals surface area contributed by atoms with Crippen LogP contribution in [0.5, 0.6) is 0 Å². The maximum atomic E-state index is 12.0. The Hall–Kier alpha value is -1.47. The molecular formula is C26H46O7. The van der Waals surface area contributed by atoms with Crippen molar-refractivity contribution >= 4 is 17.7 Å². The first kappa shape index (κ1) is 29.6. The fourth-order valence-corrected chi connectivity index (χ4v) is 4.21. The van der Waals surface area contributed by atoms with Gasteiger partial charge in [-0.25, -0.2) is 4.79 Å². The van der Waals surface area contributed by atoms with Crippen LogP contribution in [0.25, 0.3) is 0 Å². The van der Waals surface area contributed by atoms with Crippen LogP contribution < -0.4 is 0 Å². The Morgan fingerprint density at radius 2 is 1.24 bits per heavy atom. The van der Waals surface area contributed by atoms with Gasteiger partial charge in [0.05, 0.1) is 6.61 Å². The summed E-state index contributed by atoms with van der Waals surface area (Å²) >= 11 is 0. The summed E-state index contributed by atoms with van der Waals surface area (Å²) in [7, 11) is 0. The number of esters is 2. The van der Waals surface area contributed by atoms with E-state index in [1.165, 1.54) is 83.5 Å². The van der Waals surface area contributed by atoms with Crippen molar-refractivity contribution in [3.63, 3.8) is 0 Å². The molecule has 0 aliphatic carbocycles. The minimum absolute atomic E-state index is 0.151. The van der Waals surface area contributed by atoms with E-state index < -0.39 is 42.6 Å². The van der Waals surface area contributed by atoms with Crippen molar-refractivity contribution in [3.8, 4) is 0 Å². The van der Waals surface area contributed by atoms with E-state index in [2.05, 4.69) is 6.92 Å². The van der Waals surface area contributed by atoms with Gasteiger partial charge in [-0.1, -0.05) is 110 Å². The third kappa shape index (κ3) is 13.1. The number of aliphatic hydroxyl groups excluding tert-OH is 2. The summed E-state index contributed by atoms with van der Waals surface area (Å²) in [4.78, 5) is 35.1. The Kier molecular flexibility index (Phi) is 16.9. The number of rotatable bonds is 21. The number of hydrogen-bond acceptors (Lipinski definition) is 7. The largest absolute Gasteiger partial charge is 0.450 e. The number of ether oxygens (including phenoxy) is 2. The predicted molar refractivity (Wildman–Crippen MR) is 127 cm³/mol. The van der Waals surface area contributed by atoms with E-state index >= 15 is 0 Å². The molecule has 33 heavy (non-hydrogen) atoms. The number of unbranched alkanes of at least 4 members (excludes halogenated alkanes) is 16. The number of aliphatic hydroxyl groups is 2. The van der Waals surface area contributed by atoms with Gasteiger partial charge in [-0.2, -0.15) is 0 Å². The lowest BCUT2D eigenvalue weighted by atomic mass is 10.0. The lowest BCUT2D eigenvalue weighted by molar-refractivity contribution is -0.160. The topological polar surface area (TPSA) is 110 Å². The summed E-state index contributed by atoms with van der Waals surface area (Å²) in [6.45, 7) is 1.56. The van der Waals surface area contributed by atoms with E-state index in [4.69, 9.17) is 14.6 Å². The number of Topliss-reactive ketones (excluding diaryl/α,β-unsaturated/α-hetero) is 1. The molecule has 7 heteroatoms. The zero-order chi connectivity index (χ0) is 24.3. The van der Waals surface area contributed by atoms with Crippen molar-refractivity contribution in [1.82, 2.24) is 0 Å². The van der Waals surface area contributed by atoms with Crippen molar-refractivity contribution in [2.45, 2.75) is 141 Å². The van der Waals surface area contributed by atoms with Crippen LogP contribution in [0, 0.1) is 0 Å². The minimum atomic E-state index is -1.47. The second kappa shape index (κ2) is 18.9. The molecule has 0 saturated carbocycles. The summed E-state index contributed by atoms with van der Waals surface area (Å²) in [6.07, 6.45) is 17.2. The molecule has 1 unspecified atom stereocenters. The lowest BCUT2D eigenvalue weighted by Crippen LogP contribution is -2.41. The summed E-state index contributed by atoms with van der Waals surface area (Å²) in [5.41, 5.74) is 0. The van der Waals surface area contributed by atoms with E-state index in [0.29, 0.717) is 6.42 Å². The maximum absolute atomic E-state index is 12.0. The number of carbonyl (C=O) groups is 3. The SMILES string of the molecule is CCCCCCCCCCCCCCCCCCCC(=O)OC1C(=O)C(=O)O[C@@H]1[C@@H](O)CO. The molecule has 1 fully saturated rings. The third-order valence-electron chi connectivity index (χ3n) is 6.31. The predicted octanol–water partition coefficient (Wildman–Crippen LogP) is 4.79. The average molecular weight is 471 g/mol. The Balaban J connectivity index is 1.93. The van der Waals surface area contributed by atoms with Gasteiger partial charge in [0.2, 0.25) is 6.10 Å². The zero-order valence-corrected chi connectivity index (χ0v) is 20.6. The van der Waals surface area contributed by atoms with Crippen LogP contribution in [0.1, 0.15) is 122 Å². The minimum Gasteiger partial charge on any atom is -0.450 e. The molecule has 1 aliphatic rings. The molecule has 1 rings (SSSR count). The van der Waals surface area contributed by atoms with Crippen LogP contribution in [0.4, 0.5) is 0 Å². The first-order valence-electron chi connectivity index (χ1n) is 13.2. The van der Waals surface area contributed by atoms with Gasteiger partial charge in [0, 0.05) is 6.42 Å². The molecule has 1 saturated heterocycles. The lowest BCUT2D eigenvalue weighted by Gasteiger charge is -2.20. The highest BCUT2D eigenvalue weighted by Gasteiger charge is 2.49. The van der Waals surface area contributed by atoms with Crippen LogP contribution >= 0.6 is 0 Å². The van der Waals surface area contributed by atoms with E-state index in [9.17, 15) is 19.5 Å². The quantitative estimate of drug-likeness (QED) is 0.141. The smallest absolute Gasteiger partial charge is 0.379 e. The highest BCUT2D eigenvalue weighted by atomic mass is 16.6. The summed E-state index contributed by atoms with van der Waals surface area (Å²) in [5.74, 6) is -2.74. The van der Waals surface area contributed by atoms with Gasteiger partial charge >= 0.3 is 11.9 Å². The number of carbonyl (C=O) groups excluding carboxylic acids is 3. The van der Waals surface area contributed by atoms with Crippen LogP contribution in [0.3, 0.4) is 0 Å². The Labute approximate surface area is 199 Å². The average Bonchev–Trinajstić information content (AvgIpc) is 3.09. The zero-order valence-electron chi connectivity index (χ0n) is 20.6. The molecule has 7 nitrogen and oxygen atoms in total. The molecule has 0 spiro atoms. The van der Waals surface area contributed by atoms with Crippen LogP contribution in [-0.4, -0.2) is 52.9 Å². The number of cyclic esters (lactones) is 1. The molecule has 0 aromatic carbocycles. The molecule has 0 bridgehead atoms. The van der Waals surface area contributed by atoms with Gasteiger partial charge in [-0.15, -0.1) is 0 Å². The van der Waals surface area contributed by atoms with E-state index in [1.807, 2.05) is 0 Å². The third-order valence-corrected chi connectivity index (χ3v) is 6.31. The standard InChI is InChI=1S/C26H46O7/c1-2-3-4-5-6-7-8-9-10-11-12-13-14-15-16-17-18-19-22(29)32-25-23(30)26(31)33-24(25)21(28)20-27/h21,24-25,27-28H,2-20H2,1H3/t21-,24+,25?/m0/s1. The van der Waals surface area contributed by atoms with Crippen LogP contribution in [-0.2, 0) is 23.9 Å². The van der Waals surface area contributed by atoms with Crippen molar-refractivity contribution < 1.29 is 34.1 Å². The molecule has 0 amide bonds. The summed E-state index contributed by atoms with van der Waals surface area (Å²) in [5, 5.41) is 18.6. The Bertz CT molecular complexity index is 549. The van der Waals surface area contributed by atoms with Gasteiger partial charge < -0.3 is 19.7 Å². The molecule has 0 aromatic rings. The van der Waals surface area contributed by atoms with Crippen LogP contribution in [0.15, 0.2) is 0 Å². The van der Waals surface area contributed by atoms with Gasteiger partial charge in [-0.05, 0) is 6.42 Å². The Morgan fingerprint density at radius 1 is 0.818 bits per heavy atom. The van der Waals surface area contributed by atoms with Gasteiger partial charge in [-0.3, -0.25) is 9.59 Å². The van der Waals surface area contributed by atoms with Gasteiger partial charge in [0.1, 0.15) is 6.10 Å². The molecule has 3 atom stereocenters. The molecule has 0 radical (unpaired) electrons. The first-order valence-corrected chi connectivity index (χ1v) is 13.2. The van der Waals surface area contributed by atoms with Crippen molar-refractivity contribution in [1.29, 1.82) is 0 Å². The molecular weight excluding hydrogens is 424 g/mol. The van der Waals surface area contributed by atoms with Crippen molar-refractivity contribution in [2.24, 2.45) is 0 Å². The van der Waals surface area contributed by atoms with Gasteiger partial charge in [0.15, 0.2) is 6.10 Å². The molecule has 2 N–H and O–H groups in total. The first-order chi connectivity index (χ1) is 16.0. The van der Waals surface area contributed by atoms with Crippen LogP contribution in [0.2, 0.25) is 0 Å². The molecule has 192 valence electrons. The van der Waals surface area contributed by atoms with Gasteiger partial charge in [0.25, 0.3) is 5.78 Å². The number of ketones is 1. The monoisotopic (exact) mass is 470 g/mol. The second-order valence-corrected chi connectivity index (χ2v) is 9.30. The van der Waals surface area contributed by atoms with E-state index in [-0.39, 0.29) is 6.42 Å². The number of hydrogen-bond donors (Lipinski definition) is 2. The fourth-order valence-electron chi connectivity index (χ4n) is 4.21. The summed E-state index contributed by atoms with van der Waals surface area (Å²) in [6, 6.07) is 0. The Morgan fingerprint density at radius 3 is 1.67 bits per heavy atom. The fraction of sp³-hybridized carbons (Fsp3) is 0.885. The van der Waals surface area contributed by atoms with Crippen molar-refractivity contribution in [3.05, 3.63) is 0 Å². The second-order valence-electron chi connectivity index (χ2n) is 9.30. The summed E-state index contributed by atoms with van der Waals surface area (Å²) < 4.78 is 9.76. The maximum Gasteiger partial charge on any atom is 0.379 e. The van der Waals surface area contributed by atoms with Crippen molar-refractivity contribution in [2.75, 3.05) is 6.61 Å². The van der Waals surface area contributed by atoms with E-state index in [0.717, 1.165) is 19.3 Å². The molecule has 1 aliphatic heterocycles.